The van der Waals surface area contributed by atoms with Crippen LogP contribution in [0.15, 0.2) is 6.07 Å². The Morgan fingerprint density at radius 1 is 1.50 bits per heavy atom. The molecule has 1 amide bonds. The molecule has 1 fully saturated rings. The van der Waals surface area contributed by atoms with Crippen molar-refractivity contribution < 1.29 is 4.79 Å². The molecule has 0 spiro atoms. The van der Waals surface area contributed by atoms with Gasteiger partial charge in [0.25, 0.3) is 0 Å². The van der Waals surface area contributed by atoms with Gasteiger partial charge in [0.15, 0.2) is 0 Å². The minimum atomic E-state index is 0.0974. The molecule has 2 aliphatic carbocycles. The minimum absolute atomic E-state index is 0.0974. The molecule has 20 heavy (non-hydrogen) atoms. The van der Waals surface area contributed by atoms with E-state index in [1.807, 2.05) is 0 Å². The highest BCUT2D eigenvalue weighted by molar-refractivity contribution is 5.76. The van der Waals surface area contributed by atoms with Crippen LogP contribution in [0.4, 0.5) is 0 Å². The summed E-state index contributed by atoms with van der Waals surface area (Å²) in [4.78, 5) is 12.1. The maximum absolute atomic E-state index is 12.1. The Morgan fingerprint density at radius 2 is 2.20 bits per heavy atom. The lowest BCUT2D eigenvalue weighted by Crippen LogP contribution is -2.33. The van der Waals surface area contributed by atoms with Crippen molar-refractivity contribution >= 4 is 5.91 Å². The Morgan fingerprint density at radius 3 is 2.85 bits per heavy atom. The second kappa shape index (κ2) is 4.62. The summed E-state index contributed by atoms with van der Waals surface area (Å²) in [5.74, 6) is 0.131. The molecule has 1 aromatic rings. The molecule has 2 aliphatic rings. The topological polar surface area (TPSA) is 60.0 Å². The van der Waals surface area contributed by atoms with Crippen molar-refractivity contribution in [3.63, 3.8) is 0 Å². The first-order valence-electron chi connectivity index (χ1n) is 7.59. The van der Waals surface area contributed by atoms with Gasteiger partial charge in [-0.15, -0.1) is 0 Å². The molecule has 1 heterocycles. The predicted molar refractivity (Wildman–Crippen MR) is 79.4 cm³/mol. The van der Waals surface area contributed by atoms with Crippen molar-refractivity contribution in [3.8, 4) is 0 Å². The number of carbonyl (C=O) groups is 1. The predicted octanol–water partition coefficient (Wildman–Crippen LogP) is 2.05. The maximum Gasteiger partial charge on any atom is 0.240 e. The molecule has 0 aromatic carbocycles. The smallest absolute Gasteiger partial charge is 0.240 e. The fourth-order valence-electron chi connectivity index (χ4n) is 3.37. The highest BCUT2D eigenvalue weighted by Gasteiger charge is 2.33. The largest absolute Gasteiger partial charge is 0.352 e. The van der Waals surface area contributed by atoms with Gasteiger partial charge in [0, 0.05) is 23.5 Å². The van der Waals surface area contributed by atoms with Gasteiger partial charge in [0.2, 0.25) is 5.91 Å². The van der Waals surface area contributed by atoms with Crippen molar-refractivity contribution in [1.29, 1.82) is 0 Å². The lowest BCUT2D eigenvalue weighted by molar-refractivity contribution is -0.121. The standard InChI is InChI=1S/C16H25N3O/c1-10-6-12-13(17)7-16(2,3)8-14(12)19(10)9-15(20)18-11-4-5-11/h6,11,13H,4-5,7-9,17H2,1-3H3,(H,18,20). The third-order valence-electron chi connectivity index (χ3n) is 4.51. The van der Waals surface area contributed by atoms with E-state index in [0.29, 0.717) is 12.6 Å². The summed E-state index contributed by atoms with van der Waals surface area (Å²) in [6, 6.07) is 2.69. The van der Waals surface area contributed by atoms with Crippen LogP contribution in [0.2, 0.25) is 0 Å². The Hall–Kier alpha value is -1.29. The third-order valence-corrected chi connectivity index (χ3v) is 4.51. The summed E-state index contributed by atoms with van der Waals surface area (Å²) >= 11 is 0. The minimum Gasteiger partial charge on any atom is -0.352 e. The van der Waals surface area contributed by atoms with Gasteiger partial charge in [0.1, 0.15) is 6.54 Å². The quantitative estimate of drug-likeness (QED) is 0.887. The zero-order valence-corrected chi connectivity index (χ0v) is 12.7. The summed E-state index contributed by atoms with van der Waals surface area (Å²) in [7, 11) is 0. The fraction of sp³-hybridized carbons (Fsp3) is 0.688. The Bertz CT molecular complexity index is 540. The number of hydrogen-bond donors (Lipinski definition) is 2. The average Bonchev–Trinajstić information content (AvgIpc) is 3.07. The molecule has 0 aliphatic heterocycles. The van der Waals surface area contributed by atoms with Crippen molar-refractivity contribution in [3.05, 3.63) is 23.0 Å². The summed E-state index contributed by atoms with van der Waals surface area (Å²) in [5, 5.41) is 3.07. The number of nitrogens with two attached hydrogens (primary N) is 1. The molecular formula is C16H25N3O. The molecule has 4 heteroatoms. The van der Waals surface area contributed by atoms with Gasteiger partial charge in [-0.05, 0) is 49.7 Å². The number of amides is 1. The molecule has 0 bridgehead atoms. The number of nitrogens with one attached hydrogen (secondary N) is 1. The maximum atomic E-state index is 12.1. The zero-order valence-electron chi connectivity index (χ0n) is 12.7. The summed E-state index contributed by atoms with van der Waals surface area (Å²) in [6.07, 6.45) is 4.27. The van der Waals surface area contributed by atoms with Crippen LogP contribution < -0.4 is 11.1 Å². The van der Waals surface area contributed by atoms with Crippen LogP contribution in [-0.2, 0) is 17.8 Å². The number of fused-ring (bicyclic) bond motifs is 1. The molecule has 1 saturated carbocycles. The van der Waals surface area contributed by atoms with Gasteiger partial charge in [0.05, 0.1) is 0 Å². The first-order chi connectivity index (χ1) is 9.35. The normalized spacial score (nSPS) is 24.3. The monoisotopic (exact) mass is 275 g/mol. The molecular weight excluding hydrogens is 250 g/mol. The molecule has 110 valence electrons. The van der Waals surface area contributed by atoms with E-state index in [0.717, 1.165) is 31.4 Å². The zero-order chi connectivity index (χ0) is 14.5. The molecule has 1 aromatic heterocycles. The summed E-state index contributed by atoms with van der Waals surface area (Å²) in [5.41, 5.74) is 10.2. The molecule has 1 unspecified atom stereocenters. The van der Waals surface area contributed by atoms with Crippen molar-refractivity contribution in [2.24, 2.45) is 11.1 Å². The van der Waals surface area contributed by atoms with Crippen molar-refractivity contribution in [1.82, 2.24) is 9.88 Å². The van der Waals surface area contributed by atoms with Crippen LogP contribution in [-0.4, -0.2) is 16.5 Å². The summed E-state index contributed by atoms with van der Waals surface area (Å²) in [6.45, 7) is 7.02. The van der Waals surface area contributed by atoms with Crippen LogP contribution in [0, 0.1) is 12.3 Å². The van der Waals surface area contributed by atoms with Gasteiger partial charge in [-0.2, -0.15) is 0 Å². The van der Waals surface area contributed by atoms with Crippen molar-refractivity contribution in [2.75, 3.05) is 0 Å². The Balaban J connectivity index is 1.85. The number of hydrogen-bond acceptors (Lipinski definition) is 2. The third kappa shape index (κ3) is 2.62. The lowest BCUT2D eigenvalue weighted by Gasteiger charge is -2.34. The lowest BCUT2D eigenvalue weighted by atomic mass is 9.74. The van der Waals surface area contributed by atoms with E-state index < -0.39 is 0 Å². The second-order valence-electron chi connectivity index (χ2n) is 7.27. The van der Waals surface area contributed by atoms with E-state index in [-0.39, 0.29) is 17.4 Å². The van der Waals surface area contributed by atoms with E-state index in [1.165, 1.54) is 11.3 Å². The fourth-order valence-corrected chi connectivity index (χ4v) is 3.37. The van der Waals surface area contributed by atoms with Crippen LogP contribution in [0.3, 0.4) is 0 Å². The van der Waals surface area contributed by atoms with Gasteiger partial charge >= 0.3 is 0 Å². The van der Waals surface area contributed by atoms with Gasteiger partial charge < -0.3 is 15.6 Å². The van der Waals surface area contributed by atoms with E-state index in [9.17, 15) is 4.79 Å². The highest BCUT2D eigenvalue weighted by Crippen LogP contribution is 2.40. The van der Waals surface area contributed by atoms with Crippen LogP contribution in [0.5, 0.6) is 0 Å². The Labute approximate surface area is 120 Å². The first-order valence-corrected chi connectivity index (χ1v) is 7.59. The van der Waals surface area contributed by atoms with E-state index >= 15 is 0 Å². The van der Waals surface area contributed by atoms with Crippen LogP contribution in [0.1, 0.15) is 56.1 Å². The van der Waals surface area contributed by atoms with Gasteiger partial charge in [-0.3, -0.25) is 4.79 Å². The van der Waals surface area contributed by atoms with Gasteiger partial charge in [-0.25, -0.2) is 0 Å². The number of aryl methyl sites for hydroxylation is 1. The molecule has 0 saturated heterocycles. The second-order valence-corrected chi connectivity index (χ2v) is 7.27. The molecule has 1 atom stereocenters. The number of aromatic nitrogens is 1. The summed E-state index contributed by atoms with van der Waals surface area (Å²) < 4.78 is 2.16. The number of carbonyl (C=O) groups excluding carboxylic acids is 1. The van der Waals surface area contributed by atoms with Crippen LogP contribution in [0.25, 0.3) is 0 Å². The molecule has 3 rings (SSSR count). The average molecular weight is 275 g/mol. The van der Waals surface area contributed by atoms with Crippen LogP contribution >= 0.6 is 0 Å². The first kappa shape index (κ1) is 13.7. The van der Waals surface area contributed by atoms with E-state index in [1.54, 1.807) is 0 Å². The number of nitrogens with zero attached hydrogens (tertiary/aromatic N) is 1. The van der Waals surface area contributed by atoms with Gasteiger partial charge in [-0.1, -0.05) is 13.8 Å². The Kier molecular flexibility index (Phi) is 3.16. The molecule has 3 N–H and O–H groups in total. The SMILES string of the molecule is Cc1cc2c(n1CC(=O)NC1CC1)CC(C)(C)CC2N. The molecule has 0 radical (unpaired) electrons. The van der Waals surface area contributed by atoms with E-state index in [4.69, 9.17) is 5.73 Å². The molecule has 4 nitrogen and oxygen atoms in total. The number of rotatable bonds is 3. The van der Waals surface area contributed by atoms with Crippen molar-refractivity contribution in [2.45, 2.75) is 65.1 Å². The van der Waals surface area contributed by atoms with E-state index in [2.05, 4.69) is 36.7 Å². The highest BCUT2D eigenvalue weighted by atomic mass is 16.2.